The number of nitrogens with two attached hydrogens (primary N) is 1. The smallest absolute Gasteiger partial charge is 0.219 e. The predicted octanol–water partition coefficient (Wildman–Crippen LogP) is 2.03. The SMILES string of the molecule is COc1nc(C[C@H]2CC[C@H](N)C2)ncc1C1CC1. The van der Waals surface area contributed by atoms with E-state index in [0.29, 0.717) is 17.9 Å². The number of hydrogen-bond donors (Lipinski definition) is 1. The van der Waals surface area contributed by atoms with Crippen molar-refractivity contribution >= 4 is 0 Å². The van der Waals surface area contributed by atoms with E-state index >= 15 is 0 Å². The van der Waals surface area contributed by atoms with E-state index < -0.39 is 0 Å². The molecule has 4 nitrogen and oxygen atoms in total. The number of hydrogen-bond acceptors (Lipinski definition) is 4. The molecule has 0 spiro atoms. The van der Waals surface area contributed by atoms with Gasteiger partial charge >= 0.3 is 0 Å². The van der Waals surface area contributed by atoms with E-state index in [2.05, 4.69) is 9.97 Å². The van der Waals surface area contributed by atoms with Crippen molar-refractivity contribution in [3.63, 3.8) is 0 Å². The third kappa shape index (κ3) is 2.48. The Morgan fingerprint density at radius 3 is 2.78 bits per heavy atom. The maximum Gasteiger partial charge on any atom is 0.219 e. The van der Waals surface area contributed by atoms with Crippen LogP contribution < -0.4 is 10.5 Å². The summed E-state index contributed by atoms with van der Waals surface area (Å²) < 4.78 is 5.40. The summed E-state index contributed by atoms with van der Waals surface area (Å²) in [6, 6.07) is 0.377. The average molecular weight is 247 g/mol. The first kappa shape index (κ1) is 11.9. The van der Waals surface area contributed by atoms with Gasteiger partial charge in [0.25, 0.3) is 0 Å². The molecule has 1 aromatic rings. The van der Waals surface area contributed by atoms with Crippen LogP contribution in [-0.2, 0) is 6.42 Å². The maximum absolute atomic E-state index is 5.94. The lowest BCUT2D eigenvalue weighted by Gasteiger charge is -2.11. The minimum Gasteiger partial charge on any atom is -0.481 e. The zero-order valence-corrected chi connectivity index (χ0v) is 10.9. The lowest BCUT2D eigenvalue weighted by Crippen LogP contribution is -2.15. The van der Waals surface area contributed by atoms with E-state index in [1.54, 1.807) is 7.11 Å². The van der Waals surface area contributed by atoms with Crippen molar-refractivity contribution in [2.75, 3.05) is 7.11 Å². The highest BCUT2D eigenvalue weighted by Gasteiger charge is 2.29. The van der Waals surface area contributed by atoms with Crippen LogP contribution in [0.5, 0.6) is 5.88 Å². The van der Waals surface area contributed by atoms with Crippen LogP contribution in [0.2, 0.25) is 0 Å². The van der Waals surface area contributed by atoms with Gasteiger partial charge in [-0.2, -0.15) is 4.98 Å². The van der Waals surface area contributed by atoms with Gasteiger partial charge in [-0.15, -0.1) is 0 Å². The average Bonchev–Trinajstić information content (AvgIpc) is 3.13. The molecule has 2 saturated carbocycles. The summed E-state index contributed by atoms with van der Waals surface area (Å²) in [7, 11) is 1.70. The molecule has 0 unspecified atom stereocenters. The number of aromatic nitrogens is 2. The molecule has 1 heterocycles. The fourth-order valence-electron chi connectivity index (χ4n) is 2.90. The number of rotatable bonds is 4. The Bertz CT molecular complexity index is 431. The van der Waals surface area contributed by atoms with E-state index in [-0.39, 0.29) is 0 Å². The van der Waals surface area contributed by atoms with Gasteiger partial charge in [0, 0.05) is 24.2 Å². The second-order valence-electron chi connectivity index (χ2n) is 5.67. The number of ether oxygens (including phenoxy) is 1. The summed E-state index contributed by atoms with van der Waals surface area (Å²) in [5.74, 6) is 2.98. The van der Waals surface area contributed by atoms with Gasteiger partial charge in [0.1, 0.15) is 5.82 Å². The minimum absolute atomic E-state index is 0.377. The van der Waals surface area contributed by atoms with Crippen molar-refractivity contribution in [3.8, 4) is 5.88 Å². The highest BCUT2D eigenvalue weighted by atomic mass is 16.5. The largest absolute Gasteiger partial charge is 0.481 e. The Balaban J connectivity index is 1.72. The maximum atomic E-state index is 5.94. The standard InChI is InChI=1S/C14H21N3O/c1-18-14-12(10-3-4-10)8-16-13(17-14)7-9-2-5-11(15)6-9/h8-11H,2-7,15H2,1H3/t9-,11-/m0/s1. The van der Waals surface area contributed by atoms with Gasteiger partial charge in [-0.05, 0) is 43.9 Å². The summed E-state index contributed by atoms with van der Waals surface area (Å²) in [5, 5.41) is 0. The van der Waals surface area contributed by atoms with Gasteiger partial charge in [0.15, 0.2) is 0 Å². The number of methoxy groups -OCH3 is 1. The number of nitrogens with zero attached hydrogens (tertiary/aromatic N) is 2. The zero-order chi connectivity index (χ0) is 12.5. The van der Waals surface area contributed by atoms with Crippen LogP contribution in [0.15, 0.2) is 6.20 Å². The van der Waals surface area contributed by atoms with Crippen molar-refractivity contribution in [1.29, 1.82) is 0 Å². The van der Waals surface area contributed by atoms with Crippen LogP contribution in [0.4, 0.5) is 0 Å². The fourth-order valence-corrected chi connectivity index (χ4v) is 2.90. The molecule has 2 fully saturated rings. The molecular weight excluding hydrogens is 226 g/mol. The highest BCUT2D eigenvalue weighted by Crippen LogP contribution is 2.43. The fraction of sp³-hybridized carbons (Fsp3) is 0.714. The highest BCUT2D eigenvalue weighted by molar-refractivity contribution is 5.31. The van der Waals surface area contributed by atoms with Gasteiger partial charge in [-0.25, -0.2) is 4.98 Å². The van der Waals surface area contributed by atoms with E-state index in [1.165, 1.54) is 24.8 Å². The second kappa shape index (κ2) is 4.84. The lowest BCUT2D eigenvalue weighted by molar-refractivity contribution is 0.386. The molecule has 2 N–H and O–H groups in total. The summed E-state index contributed by atoms with van der Waals surface area (Å²) >= 11 is 0. The van der Waals surface area contributed by atoms with Crippen molar-refractivity contribution in [2.24, 2.45) is 11.7 Å². The van der Waals surface area contributed by atoms with Gasteiger partial charge in [-0.3, -0.25) is 0 Å². The van der Waals surface area contributed by atoms with Crippen LogP contribution in [0, 0.1) is 5.92 Å². The van der Waals surface area contributed by atoms with Crippen LogP contribution in [0.3, 0.4) is 0 Å². The normalized spacial score (nSPS) is 27.4. The minimum atomic E-state index is 0.377. The third-order valence-corrected chi connectivity index (χ3v) is 4.09. The summed E-state index contributed by atoms with van der Waals surface area (Å²) in [4.78, 5) is 9.07. The molecule has 0 amide bonds. The van der Waals surface area contributed by atoms with Gasteiger partial charge in [-0.1, -0.05) is 0 Å². The van der Waals surface area contributed by atoms with Crippen molar-refractivity contribution in [1.82, 2.24) is 9.97 Å². The van der Waals surface area contributed by atoms with E-state index in [1.807, 2.05) is 6.20 Å². The second-order valence-corrected chi connectivity index (χ2v) is 5.67. The van der Waals surface area contributed by atoms with Gasteiger partial charge in [0.05, 0.1) is 7.11 Å². The van der Waals surface area contributed by atoms with Crippen LogP contribution in [0.25, 0.3) is 0 Å². The lowest BCUT2D eigenvalue weighted by atomic mass is 10.0. The molecule has 4 heteroatoms. The predicted molar refractivity (Wildman–Crippen MR) is 69.6 cm³/mol. The first-order valence-corrected chi connectivity index (χ1v) is 6.91. The Morgan fingerprint density at radius 2 is 2.17 bits per heavy atom. The first-order valence-electron chi connectivity index (χ1n) is 6.91. The zero-order valence-electron chi connectivity index (χ0n) is 10.9. The van der Waals surface area contributed by atoms with Gasteiger partial charge in [0.2, 0.25) is 5.88 Å². The monoisotopic (exact) mass is 247 g/mol. The summed E-state index contributed by atoms with van der Waals surface area (Å²) in [6.45, 7) is 0. The van der Waals surface area contributed by atoms with E-state index in [4.69, 9.17) is 10.5 Å². The van der Waals surface area contributed by atoms with E-state index in [0.717, 1.165) is 31.0 Å². The molecule has 2 aliphatic rings. The van der Waals surface area contributed by atoms with Crippen LogP contribution in [0.1, 0.15) is 49.4 Å². The molecular formula is C14H21N3O. The summed E-state index contributed by atoms with van der Waals surface area (Å²) in [5.41, 5.74) is 7.13. The first-order chi connectivity index (χ1) is 8.76. The molecule has 18 heavy (non-hydrogen) atoms. The molecule has 3 rings (SSSR count). The molecule has 0 aromatic carbocycles. The van der Waals surface area contributed by atoms with Crippen molar-refractivity contribution in [3.05, 3.63) is 17.6 Å². The van der Waals surface area contributed by atoms with Crippen LogP contribution in [-0.4, -0.2) is 23.1 Å². The molecule has 2 aliphatic carbocycles. The molecule has 98 valence electrons. The van der Waals surface area contributed by atoms with Crippen molar-refractivity contribution in [2.45, 2.75) is 50.5 Å². The quantitative estimate of drug-likeness (QED) is 0.884. The van der Waals surface area contributed by atoms with E-state index in [9.17, 15) is 0 Å². The molecule has 1 aromatic heterocycles. The molecule has 0 radical (unpaired) electrons. The topological polar surface area (TPSA) is 61.0 Å². The molecule has 0 saturated heterocycles. The third-order valence-electron chi connectivity index (χ3n) is 4.09. The molecule has 2 atom stereocenters. The Labute approximate surface area is 108 Å². The molecule has 0 aliphatic heterocycles. The Hall–Kier alpha value is -1.16. The summed E-state index contributed by atoms with van der Waals surface area (Å²) in [6.07, 6.45) is 8.85. The molecule has 0 bridgehead atoms. The Morgan fingerprint density at radius 1 is 1.33 bits per heavy atom. The van der Waals surface area contributed by atoms with Crippen molar-refractivity contribution < 1.29 is 4.74 Å². The van der Waals surface area contributed by atoms with Crippen LogP contribution >= 0.6 is 0 Å². The van der Waals surface area contributed by atoms with Gasteiger partial charge < -0.3 is 10.5 Å². The Kier molecular flexibility index (Phi) is 3.20.